The molecule has 0 aromatic carbocycles. The molecule has 0 saturated carbocycles. The Balaban J connectivity index is 2.21. The van der Waals surface area contributed by atoms with Crippen LogP contribution < -0.4 is 10.2 Å². The smallest absolute Gasteiger partial charge is 0.277 e. The maximum absolute atomic E-state index is 12.2. The van der Waals surface area contributed by atoms with Crippen molar-refractivity contribution in [3.8, 4) is 0 Å². The van der Waals surface area contributed by atoms with E-state index in [2.05, 4.69) is 20.4 Å². The molecule has 112 valence electrons. The molecule has 1 N–H and O–H groups in total. The maximum Gasteiger partial charge on any atom is 0.277 e. The fourth-order valence-electron chi connectivity index (χ4n) is 1.69. The summed E-state index contributed by atoms with van der Waals surface area (Å²) in [5.74, 6) is 0.926. The summed E-state index contributed by atoms with van der Waals surface area (Å²) in [5, 5.41) is 6.56. The largest absolute Gasteiger partial charge is 0.361 e. The number of carbonyl (C=O) groups excluding carboxylic acids is 1. The summed E-state index contributed by atoms with van der Waals surface area (Å²) in [6.07, 6.45) is 2.98. The molecule has 0 aliphatic carbocycles. The normalized spacial score (nSPS) is 11.3. The minimum absolute atomic E-state index is 0.198. The van der Waals surface area contributed by atoms with Crippen molar-refractivity contribution < 1.29 is 9.32 Å². The first-order chi connectivity index (χ1) is 9.79. The minimum Gasteiger partial charge on any atom is -0.361 e. The second-order valence-corrected chi connectivity index (χ2v) is 5.93. The molecule has 2 aromatic rings. The van der Waals surface area contributed by atoms with E-state index in [0.29, 0.717) is 17.3 Å². The molecule has 7 nitrogen and oxygen atoms in total. The first-order valence-electron chi connectivity index (χ1n) is 6.55. The van der Waals surface area contributed by atoms with Crippen LogP contribution in [0.3, 0.4) is 0 Å². The summed E-state index contributed by atoms with van der Waals surface area (Å²) in [6.45, 7) is 5.97. The van der Waals surface area contributed by atoms with E-state index in [1.807, 2.05) is 34.9 Å². The first kappa shape index (κ1) is 15.0. The number of hydrogen-bond donors (Lipinski definition) is 1. The Labute approximate surface area is 123 Å². The van der Waals surface area contributed by atoms with Gasteiger partial charge in [-0.15, -0.1) is 0 Å². The van der Waals surface area contributed by atoms with Gasteiger partial charge in [-0.2, -0.15) is 0 Å². The number of hydrogen-bond acceptors (Lipinski definition) is 6. The van der Waals surface area contributed by atoms with Crippen molar-refractivity contribution in [2.24, 2.45) is 0 Å². The van der Waals surface area contributed by atoms with Gasteiger partial charge in [0.05, 0.1) is 6.20 Å². The summed E-state index contributed by atoms with van der Waals surface area (Å²) in [6, 6.07) is 1.65. The predicted octanol–water partition coefficient (Wildman–Crippen LogP) is 2.08. The van der Waals surface area contributed by atoms with Crippen LogP contribution in [0.25, 0.3) is 0 Å². The van der Waals surface area contributed by atoms with E-state index in [-0.39, 0.29) is 17.0 Å². The second-order valence-electron chi connectivity index (χ2n) is 5.93. The molecular formula is C14H19N5O2. The number of aromatic nitrogens is 3. The lowest BCUT2D eigenvalue weighted by Crippen LogP contribution is -2.18. The van der Waals surface area contributed by atoms with Crippen LogP contribution in [0.1, 0.15) is 37.0 Å². The standard InChI is InChI=1S/C14H19N5O2/c1-14(2,3)11-6-9(18-21-11)13(20)17-10-7-15-8-16-12(10)19(4)5/h6-8H,1-5H3,(H,17,20). The summed E-state index contributed by atoms with van der Waals surface area (Å²) in [5.41, 5.74) is 0.553. The van der Waals surface area contributed by atoms with Crippen LogP contribution >= 0.6 is 0 Å². The van der Waals surface area contributed by atoms with Crippen molar-refractivity contribution in [2.75, 3.05) is 24.3 Å². The number of anilines is 2. The van der Waals surface area contributed by atoms with Crippen LogP contribution in [0, 0.1) is 0 Å². The molecule has 2 rings (SSSR count). The maximum atomic E-state index is 12.2. The molecule has 0 bridgehead atoms. The predicted molar refractivity (Wildman–Crippen MR) is 79.5 cm³/mol. The number of amides is 1. The zero-order valence-corrected chi connectivity index (χ0v) is 12.8. The lowest BCUT2D eigenvalue weighted by Gasteiger charge is -2.15. The van der Waals surface area contributed by atoms with E-state index in [9.17, 15) is 4.79 Å². The molecule has 0 radical (unpaired) electrons. The van der Waals surface area contributed by atoms with E-state index in [4.69, 9.17) is 4.52 Å². The van der Waals surface area contributed by atoms with Crippen molar-refractivity contribution in [1.82, 2.24) is 15.1 Å². The minimum atomic E-state index is -0.354. The van der Waals surface area contributed by atoms with Gasteiger partial charge in [0.15, 0.2) is 11.5 Å². The number of rotatable bonds is 3. The summed E-state index contributed by atoms with van der Waals surface area (Å²) in [4.78, 5) is 22.1. The lowest BCUT2D eigenvalue weighted by molar-refractivity contribution is 0.101. The quantitative estimate of drug-likeness (QED) is 0.931. The highest BCUT2D eigenvalue weighted by Gasteiger charge is 2.22. The lowest BCUT2D eigenvalue weighted by atomic mass is 9.93. The molecule has 2 heterocycles. The topological polar surface area (TPSA) is 84.2 Å². The van der Waals surface area contributed by atoms with Crippen LogP contribution in [0.4, 0.5) is 11.5 Å². The number of carbonyl (C=O) groups is 1. The fraction of sp³-hybridized carbons (Fsp3) is 0.429. The highest BCUT2D eigenvalue weighted by Crippen LogP contribution is 2.24. The molecule has 1 amide bonds. The molecular weight excluding hydrogens is 270 g/mol. The van der Waals surface area contributed by atoms with Crippen molar-refractivity contribution in [1.29, 1.82) is 0 Å². The van der Waals surface area contributed by atoms with Gasteiger partial charge >= 0.3 is 0 Å². The Morgan fingerprint density at radius 1 is 1.33 bits per heavy atom. The van der Waals surface area contributed by atoms with E-state index in [1.165, 1.54) is 6.33 Å². The zero-order valence-electron chi connectivity index (χ0n) is 12.8. The van der Waals surface area contributed by atoms with Crippen LogP contribution in [-0.4, -0.2) is 35.1 Å². The SMILES string of the molecule is CN(C)c1ncncc1NC(=O)c1cc(C(C)(C)C)on1. The molecule has 0 fully saturated rings. The Morgan fingerprint density at radius 3 is 2.62 bits per heavy atom. The molecule has 7 heteroatoms. The fourth-order valence-corrected chi connectivity index (χ4v) is 1.69. The third-order valence-electron chi connectivity index (χ3n) is 2.85. The average molecular weight is 289 g/mol. The Hall–Kier alpha value is -2.44. The van der Waals surface area contributed by atoms with Gasteiger partial charge in [0.1, 0.15) is 17.8 Å². The Bertz CT molecular complexity index is 643. The molecule has 0 atom stereocenters. The van der Waals surface area contributed by atoms with Gasteiger partial charge in [-0.05, 0) is 0 Å². The van der Waals surface area contributed by atoms with E-state index in [0.717, 1.165) is 0 Å². The Morgan fingerprint density at radius 2 is 2.05 bits per heavy atom. The van der Waals surface area contributed by atoms with E-state index < -0.39 is 0 Å². The summed E-state index contributed by atoms with van der Waals surface area (Å²) >= 11 is 0. The highest BCUT2D eigenvalue weighted by molar-refractivity contribution is 6.04. The van der Waals surface area contributed by atoms with Gasteiger partial charge < -0.3 is 14.7 Å². The molecule has 0 aliphatic rings. The monoisotopic (exact) mass is 289 g/mol. The number of nitrogens with one attached hydrogen (secondary N) is 1. The molecule has 0 aliphatic heterocycles. The van der Waals surface area contributed by atoms with Crippen molar-refractivity contribution >= 4 is 17.4 Å². The average Bonchev–Trinajstić information content (AvgIpc) is 2.88. The van der Waals surface area contributed by atoms with Crippen molar-refractivity contribution in [3.63, 3.8) is 0 Å². The molecule has 0 spiro atoms. The highest BCUT2D eigenvalue weighted by atomic mass is 16.5. The van der Waals surface area contributed by atoms with Gasteiger partial charge in [-0.25, -0.2) is 9.97 Å². The van der Waals surface area contributed by atoms with Crippen molar-refractivity contribution in [3.05, 3.63) is 30.0 Å². The molecule has 0 unspecified atom stereocenters. The third-order valence-corrected chi connectivity index (χ3v) is 2.85. The Kier molecular flexibility index (Phi) is 3.93. The summed E-state index contributed by atoms with van der Waals surface area (Å²) < 4.78 is 5.21. The van der Waals surface area contributed by atoms with Gasteiger partial charge in [0, 0.05) is 25.6 Å². The van der Waals surface area contributed by atoms with Crippen LogP contribution in [0.5, 0.6) is 0 Å². The van der Waals surface area contributed by atoms with E-state index >= 15 is 0 Å². The molecule has 21 heavy (non-hydrogen) atoms. The second kappa shape index (κ2) is 5.51. The van der Waals surface area contributed by atoms with Gasteiger partial charge in [0.2, 0.25) is 0 Å². The first-order valence-corrected chi connectivity index (χ1v) is 6.55. The van der Waals surface area contributed by atoms with Crippen LogP contribution in [-0.2, 0) is 5.41 Å². The van der Waals surface area contributed by atoms with Crippen LogP contribution in [0.2, 0.25) is 0 Å². The van der Waals surface area contributed by atoms with Gasteiger partial charge in [-0.3, -0.25) is 4.79 Å². The molecule has 0 saturated heterocycles. The van der Waals surface area contributed by atoms with Gasteiger partial charge in [-0.1, -0.05) is 25.9 Å². The number of nitrogens with zero attached hydrogens (tertiary/aromatic N) is 4. The van der Waals surface area contributed by atoms with Gasteiger partial charge in [0.25, 0.3) is 5.91 Å². The van der Waals surface area contributed by atoms with Crippen LogP contribution in [0.15, 0.2) is 23.1 Å². The van der Waals surface area contributed by atoms with Crippen molar-refractivity contribution in [2.45, 2.75) is 26.2 Å². The van der Waals surface area contributed by atoms with E-state index in [1.54, 1.807) is 17.2 Å². The zero-order chi connectivity index (χ0) is 15.6. The third kappa shape index (κ3) is 3.36. The molecule has 2 aromatic heterocycles. The summed E-state index contributed by atoms with van der Waals surface area (Å²) in [7, 11) is 3.68.